The van der Waals surface area contributed by atoms with Crippen molar-refractivity contribution in [2.45, 2.75) is 59.9 Å². The lowest BCUT2D eigenvalue weighted by Crippen LogP contribution is -2.41. The van der Waals surface area contributed by atoms with Crippen molar-refractivity contribution in [1.82, 2.24) is 15.6 Å². The Kier molecular flexibility index (Phi) is 4.16. The Balaban J connectivity index is 1.63. The third-order valence-electron chi connectivity index (χ3n) is 6.85. The smallest absolute Gasteiger partial charge is 0.325 e. The van der Waals surface area contributed by atoms with E-state index in [9.17, 15) is 14.4 Å². The van der Waals surface area contributed by atoms with Crippen molar-refractivity contribution in [3.63, 3.8) is 0 Å². The van der Waals surface area contributed by atoms with Crippen molar-refractivity contribution in [3.8, 4) is 0 Å². The van der Waals surface area contributed by atoms with Gasteiger partial charge in [-0.05, 0) is 36.5 Å². The van der Waals surface area contributed by atoms with Crippen LogP contribution in [0.3, 0.4) is 0 Å². The second kappa shape index (κ2) is 5.81. The van der Waals surface area contributed by atoms with Gasteiger partial charge in [-0.1, -0.05) is 34.6 Å². The Morgan fingerprint density at radius 2 is 2.04 bits per heavy atom. The number of fused-ring (bicyclic) bond motifs is 2. The lowest BCUT2D eigenvalue weighted by Gasteiger charge is -2.34. The molecule has 25 heavy (non-hydrogen) atoms. The van der Waals surface area contributed by atoms with Crippen LogP contribution in [0, 0.1) is 22.7 Å². The normalized spacial score (nSPS) is 35.0. The zero-order chi connectivity index (χ0) is 18.6. The molecule has 7 heteroatoms. The van der Waals surface area contributed by atoms with Gasteiger partial charge in [-0.2, -0.15) is 5.10 Å². The Morgan fingerprint density at radius 1 is 1.36 bits per heavy atom. The lowest BCUT2D eigenvalue weighted by molar-refractivity contribution is -0.132. The molecule has 4 amide bonds. The van der Waals surface area contributed by atoms with Crippen LogP contribution in [0.15, 0.2) is 5.10 Å². The summed E-state index contributed by atoms with van der Waals surface area (Å²) in [7, 11) is 0. The quantitative estimate of drug-likeness (QED) is 0.600. The van der Waals surface area contributed by atoms with E-state index in [2.05, 4.69) is 36.6 Å². The fourth-order valence-corrected chi connectivity index (χ4v) is 4.55. The Morgan fingerprint density at radius 3 is 2.52 bits per heavy atom. The van der Waals surface area contributed by atoms with E-state index in [4.69, 9.17) is 0 Å². The second-order valence-corrected chi connectivity index (χ2v) is 8.68. The molecular weight excluding hydrogens is 320 g/mol. The summed E-state index contributed by atoms with van der Waals surface area (Å²) in [6.45, 7) is 10.2. The van der Waals surface area contributed by atoms with E-state index in [1.165, 1.54) is 6.42 Å². The highest BCUT2D eigenvalue weighted by Crippen LogP contribution is 2.63. The summed E-state index contributed by atoms with van der Waals surface area (Å²) in [5, 5.41) is 6.98. The number of nitrogens with zero attached hydrogens (tertiary/aromatic N) is 2. The van der Waals surface area contributed by atoms with Gasteiger partial charge in [0.2, 0.25) is 0 Å². The first-order valence-corrected chi connectivity index (χ1v) is 9.05. The topological polar surface area (TPSA) is 90.9 Å². The predicted octanol–water partition coefficient (Wildman–Crippen LogP) is 1.88. The molecular formula is C18H28N4O3. The Bertz CT molecular complexity index is 655. The average molecular weight is 348 g/mol. The number of carbonyl (C=O) groups is 3. The molecule has 2 saturated carbocycles. The molecule has 3 rings (SSSR count). The maximum atomic E-state index is 12.2. The van der Waals surface area contributed by atoms with Gasteiger partial charge in [-0.15, -0.1) is 0 Å². The number of hydrazone groups is 1. The van der Waals surface area contributed by atoms with Crippen molar-refractivity contribution >= 4 is 23.6 Å². The van der Waals surface area contributed by atoms with Crippen molar-refractivity contribution in [1.29, 1.82) is 0 Å². The van der Waals surface area contributed by atoms with Crippen LogP contribution in [0.5, 0.6) is 0 Å². The molecule has 2 bridgehead atoms. The summed E-state index contributed by atoms with van der Waals surface area (Å²) in [5.74, 6) is -0.202. The number of amides is 4. The van der Waals surface area contributed by atoms with Crippen LogP contribution in [0.4, 0.5) is 4.79 Å². The zero-order valence-corrected chi connectivity index (χ0v) is 15.7. The van der Waals surface area contributed by atoms with Crippen LogP contribution < -0.4 is 10.7 Å². The van der Waals surface area contributed by atoms with Gasteiger partial charge in [0, 0.05) is 11.1 Å². The van der Waals surface area contributed by atoms with Gasteiger partial charge < -0.3 is 5.32 Å². The summed E-state index contributed by atoms with van der Waals surface area (Å²) in [6.07, 6.45) is 3.19. The van der Waals surface area contributed by atoms with Gasteiger partial charge in [0.25, 0.3) is 11.8 Å². The zero-order valence-electron chi connectivity index (χ0n) is 15.7. The summed E-state index contributed by atoms with van der Waals surface area (Å²) in [6, 6.07) is -1.07. The molecule has 0 aromatic carbocycles. The van der Waals surface area contributed by atoms with Crippen LogP contribution >= 0.6 is 0 Å². The first kappa shape index (κ1) is 17.9. The standard InChI is InChI=1S/C18H28N4O3/c1-10(2)14-15(24)22(16(25)19-14)9-13(23)21-20-12-8-11-6-7-18(12,5)17(11,3)4/h10-11,14H,6-9H2,1-5H3,(H,19,25)(H,21,23)/b20-12+. The van der Waals surface area contributed by atoms with E-state index in [1.807, 2.05) is 13.8 Å². The van der Waals surface area contributed by atoms with Crippen LogP contribution in [-0.4, -0.2) is 41.0 Å². The van der Waals surface area contributed by atoms with Crippen LogP contribution in [0.25, 0.3) is 0 Å². The molecule has 3 aliphatic rings. The molecule has 1 heterocycles. The van der Waals surface area contributed by atoms with E-state index in [1.54, 1.807) is 0 Å². The highest BCUT2D eigenvalue weighted by Gasteiger charge is 2.60. The predicted molar refractivity (Wildman–Crippen MR) is 93.7 cm³/mol. The highest BCUT2D eigenvalue weighted by atomic mass is 16.2. The minimum absolute atomic E-state index is 0.00846. The molecule has 2 aliphatic carbocycles. The first-order chi connectivity index (χ1) is 11.6. The number of hydrogen-bond acceptors (Lipinski definition) is 4. The summed E-state index contributed by atoms with van der Waals surface area (Å²) in [4.78, 5) is 37.3. The molecule has 3 unspecified atom stereocenters. The van der Waals surface area contributed by atoms with E-state index < -0.39 is 18.0 Å². The second-order valence-electron chi connectivity index (χ2n) is 8.68. The largest absolute Gasteiger partial charge is 0.326 e. The number of rotatable bonds is 4. The van der Waals surface area contributed by atoms with Crippen molar-refractivity contribution in [3.05, 3.63) is 0 Å². The molecule has 3 fully saturated rings. The molecule has 0 radical (unpaired) electrons. The molecule has 1 aliphatic heterocycles. The number of nitrogens with one attached hydrogen (secondary N) is 2. The first-order valence-electron chi connectivity index (χ1n) is 9.05. The van der Waals surface area contributed by atoms with Crippen LogP contribution in [0.2, 0.25) is 0 Å². The van der Waals surface area contributed by atoms with Crippen LogP contribution in [0.1, 0.15) is 53.9 Å². The molecule has 138 valence electrons. The van der Waals surface area contributed by atoms with Gasteiger partial charge in [0.05, 0.1) is 0 Å². The van der Waals surface area contributed by atoms with Gasteiger partial charge in [-0.25, -0.2) is 10.2 Å². The minimum atomic E-state index is -0.558. The minimum Gasteiger partial charge on any atom is -0.326 e. The van der Waals surface area contributed by atoms with Gasteiger partial charge in [0.15, 0.2) is 0 Å². The molecule has 1 saturated heterocycles. The number of urea groups is 1. The molecule has 2 N–H and O–H groups in total. The number of carbonyl (C=O) groups excluding carboxylic acids is 3. The SMILES string of the molecule is CC(C)C1NC(=O)N(CC(=O)N/N=C2\CC3CCC2(C)C3(C)C)C1=O. The molecule has 7 nitrogen and oxygen atoms in total. The summed E-state index contributed by atoms with van der Waals surface area (Å²) in [5.41, 5.74) is 3.78. The van der Waals surface area contributed by atoms with Gasteiger partial charge in [-0.3, -0.25) is 14.5 Å². The van der Waals surface area contributed by atoms with Gasteiger partial charge in [0.1, 0.15) is 12.6 Å². The maximum Gasteiger partial charge on any atom is 0.325 e. The molecule has 0 aromatic rings. The van der Waals surface area contributed by atoms with E-state index in [0.717, 1.165) is 23.5 Å². The third kappa shape index (κ3) is 2.64. The van der Waals surface area contributed by atoms with E-state index in [0.29, 0.717) is 5.92 Å². The van der Waals surface area contributed by atoms with Crippen molar-refractivity contribution < 1.29 is 14.4 Å². The summed E-state index contributed by atoms with van der Waals surface area (Å²) < 4.78 is 0. The maximum absolute atomic E-state index is 12.2. The lowest BCUT2D eigenvalue weighted by atomic mass is 9.70. The average Bonchev–Trinajstić information content (AvgIpc) is 3.01. The fraction of sp³-hybridized carbons (Fsp3) is 0.778. The number of imide groups is 1. The Labute approximate surface area is 148 Å². The van der Waals surface area contributed by atoms with Crippen LogP contribution in [-0.2, 0) is 9.59 Å². The molecule has 3 atom stereocenters. The molecule has 0 spiro atoms. The van der Waals surface area contributed by atoms with Crippen molar-refractivity contribution in [2.75, 3.05) is 6.54 Å². The monoisotopic (exact) mass is 348 g/mol. The highest BCUT2D eigenvalue weighted by molar-refractivity contribution is 6.06. The van der Waals surface area contributed by atoms with Crippen molar-refractivity contribution in [2.24, 2.45) is 27.8 Å². The summed E-state index contributed by atoms with van der Waals surface area (Å²) >= 11 is 0. The van der Waals surface area contributed by atoms with E-state index >= 15 is 0 Å². The Hall–Kier alpha value is -1.92. The van der Waals surface area contributed by atoms with E-state index in [-0.39, 0.29) is 29.2 Å². The van der Waals surface area contributed by atoms with Gasteiger partial charge >= 0.3 is 6.03 Å². The fourth-order valence-electron chi connectivity index (χ4n) is 4.55. The third-order valence-corrected chi connectivity index (χ3v) is 6.85. The molecule has 0 aromatic heterocycles. The number of hydrogen-bond donors (Lipinski definition) is 2.